The summed E-state index contributed by atoms with van der Waals surface area (Å²) in [6.45, 7) is -0.294. The molecule has 0 aliphatic carbocycles. The van der Waals surface area contributed by atoms with Crippen molar-refractivity contribution in [2.45, 2.75) is 29.8 Å². The van der Waals surface area contributed by atoms with Crippen molar-refractivity contribution in [3.8, 4) is 0 Å². The van der Waals surface area contributed by atoms with E-state index in [2.05, 4.69) is 0 Å². The van der Waals surface area contributed by atoms with E-state index in [1.54, 1.807) is 11.9 Å². The standard InChI is InChI=1S/C11H21F4N3O4S2/c1-9(12,23(19,20)16-3)11(14,15)10(2,13)24(21,22)18-7-5-17(4)6-8-18/h16H,5-8H2,1-4H3. The van der Waals surface area contributed by atoms with Crippen molar-refractivity contribution in [3.63, 3.8) is 0 Å². The Morgan fingerprint density at radius 3 is 1.67 bits per heavy atom. The third-order valence-corrected chi connectivity index (χ3v) is 8.26. The number of halogens is 4. The van der Waals surface area contributed by atoms with Crippen LogP contribution in [0.4, 0.5) is 17.6 Å². The van der Waals surface area contributed by atoms with Crippen LogP contribution in [0.2, 0.25) is 0 Å². The lowest BCUT2D eigenvalue weighted by atomic mass is 10.1. The molecular weight excluding hydrogens is 378 g/mol. The lowest BCUT2D eigenvalue weighted by Gasteiger charge is -2.41. The van der Waals surface area contributed by atoms with Crippen LogP contribution in [0.15, 0.2) is 0 Å². The third kappa shape index (κ3) is 3.04. The van der Waals surface area contributed by atoms with Crippen molar-refractivity contribution in [2.75, 3.05) is 40.3 Å². The van der Waals surface area contributed by atoms with Gasteiger partial charge in [0.2, 0.25) is 0 Å². The summed E-state index contributed by atoms with van der Waals surface area (Å²) in [5.74, 6) is -5.37. The topological polar surface area (TPSA) is 86.8 Å². The molecule has 24 heavy (non-hydrogen) atoms. The van der Waals surface area contributed by atoms with Crippen LogP contribution >= 0.6 is 0 Å². The molecule has 7 nitrogen and oxygen atoms in total. The number of sulfonamides is 2. The van der Waals surface area contributed by atoms with Gasteiger partial charge in [0.15, 0.2) is 0 Å². The lowest BCUT2D eigenvalue weighted by Crippen LogP contribution is -2.66. The second-order valence-electron chi connectivity index (χ2n) is 5.82. The zero-order valence-electron chi connectivity index (χ0n) is 13.7. The Morgan fingerprint density at radius 1 is 0.875 bits per heavy atom. The monoisotopic (exact) mass is 399 g/mol. The Morgan fingerprint density at radius 2 is 1.29 bits per heavy atom. The highest BCUT2D eigenvalue weighted by Crippen LogP contribution is 2.49. The maximum absolute atomic E-state index is 14.8. The number of nitrogens with zero attached hydrogens (tertiary/aromatic N) is 2. The van der Waals surface area contributed by atoms with E-state index in [1.807, 2.05) is 0 Å². The van der Waals surface area contributed by atoms with E-state index in [0.717, 1.165) is 0 Å². The highest BCUT2D eigenvalue weighted by molar-refractivity contribution is 7.91. The summed E-state index contributed by atoms with van der Waals surface area (Å²) in [5.41, 5.74) is 0. The molecule has 144 valence electrons. The van der Waals surface area contributed by atoms with Gasteiger partial charge >= 0.3 is 5.92 Å². The van der Waals surface area contributed by atoms with Gasteiger partial charge in [0, 0.05) is 26.2 Å². The molecule has 2 unspecified atom stereocenters. The molecule has 0 amide bonds. The average Bonchev–Trinajstić information content (AvgIpc) is 2.46. The molecule has 2 atom stereocenters. The van der Waals surface area contributed by atoms with Gasteiger partial charge in [-0.2, -0.15) is 13.1 Å². The van der Waals surface area contributed by atoms with Crippen LogP contribution in [0, 0.1) is 0 Å². The van der Waals surface area contributed by atoms with Crippen LogP contribution < -0.4 is 4.72 Å². The smallest absolute Gasteiger partial charge is 0.304 e. The zero-order valence-corrected chi connectivity index (χ0v) is 15.3. The fourth-order valence-electron chi connectivity index (χ4n) is 2.19. The fraction of sp³-hybridized carbons (Fsp3) is 1.00. The maximum Gasteiger partial charge on any atom is 0.345 e. The van der Waals surface area contributed by atoms with Gasteiger partial charge in [-0.1, -0.05) is 0 Å². The minimum absolute atomic E-state index is 0.0241. The van der Waals surface area contributed by atoms with E-state index < -0.39 is 36.0 Å². The first-order valence-corrected chi connectivity index (χ1v) is 9.85. The summed E-state index contributed by atoms with van der Waals surface area (Å²) in [4.78, 5) is 1.70. The fourth-order valence-corrected chi connectivity index (χ4v) is 4.81. The minimum Gasteiger partial charge on any atom is -0.304 e. The Bertz CT molecular complexity index is 671. The Hall–Kier alpha value is -0.500. The molecule has 0 aromatic carbocycles. The summed E-state index contributed by atoms with van der Waals surface area (Å²) in [6, 6.07) is 0. The largest absolute Gasteiger partial charge is 0.345 e. The molecule has 1 aliphatic rings. The molecule has 1 saturated heterocycles. The van der Waals surface area contributed by atoms with Crippen LogP contribution in [0.5, 0.6) is 0 Å². The molecule has 0 saturated carbocycles. The van der Waals surface area contributed by atoms with Crippen molar-refractivity contribution < 1.29 is 34.4 Å². The first-order chi connectivity index (χ1) is 10.6. The normalized spacial score (nSPS) is 24.3. The summed E-state index contributed by atoms with van der Waals surface area (Å²) >= 11 is 0. The Labute approximate surface area is 139 Å². The highest BCUT2D eigenvalue weighted by atomic mass is 32.2. The summed E-state index contributed by atoms with van der Waals surface area (Å²) in [5, 5.41) is -8.96. The number of rotatable bonds is 6. The van der Waals surface area contributed by atoms with E-state index in [9.17, 15) is 34.4 Å². The molecular formula is C11H21F4N3O4S2. The van der Waals surface area contributed by atoms with E-state index in [4.69, 9.17) is 0 Å². The van der Waals surface area contributed by atoms with Gasteiger partial charge < -0.3 is 4.90 Å². The van der Waals surface area contributed by atoms with E-state index in [0.29, 0.717) is 11.4 Å². The number of likely N-dealkylation sites (N-methyl/N-ethyl adjacent to an activating group) is 1. The zero-order chi connectivity index (χ0) is 19.2. The molecule has 0 aromatic heterocycles. The number of hydrogen-bond donors (Lipinski definition) is 1. The number of nitrogens with one attached hydrogen (secondary N) is 1. The van der Waals surface area contributed by atoms with Gasteiger partial charge in [-0.05, 0) is 27.9 Å². The van der Waals surface area contributed by atoms with Crippen molar-refractivity contribution in [1.82, 2.24) is 13.9 Å². The first kappa shape index (κ1) is 21.5. The molecule has 0 bridgehead atoms. The van der Waals surface area contributed by atoms with Gasteiger partial charge in [-0.15, -0.1) is 0 Å². The first-order valence-electron chi connectivity index (χ1n) is 6.93. The maximum atomic E-state index is 14.8. The number of alkyl halides is 4. The highest BCUT2D eigenvalue weighted by Gasteiger charge is 2.75. The average molecular weight is 399 g/mol. The van der Waals surface area contributed by atoms with Crippen LogP contribution in [0.25, 0.3) is 0 Å². The predicted molar refractivity (Wildman–Crippen MR) is 79.9 cm³/mol. The molecule has 0 spiro atoms. The molecule has 13 heteroatoms. The summed E-state index contributed by atoms with van der Waals surface area (Å²) < 4.78 is 107. The van der Waals surface area contributed by atoms with E-state index in [-0.39, 0.29) is 40.0 Å². The van der Waals surface area contributed by atoms with Crippen molar-refractivity contribution in [3.05, 3.63) is 0 Å². The summed E-state index contributed by atoms with van der Waals surface area (Å²) in [7, 11) is -8.35. The number of piperazine rings is 1. The van der Waals surface area contributed by atoms with Gasteiger partial charge in [-0.25, -0.2) is 30.3 Å². The molecule has 1 rings (SSSR count). The van der Waals surface area contributed by atoms with Crippen LogP contribution in [0.1, 0.15) is 13.8 Å². The van der Waals surface area contributed by atoms with Crippen molar-refractivity contribution >= 4 is 20.0 Å². The predicted octanol–water partition coefficient (Wildman–Crippen LogP) is 0.120. The second-order valence-corrected chi connectivity index (χ2v) is 10.2. The molecule has 1 fully saturated rings. The van der Waals surface area contributed by atoms with Gasteiger partial charge in [0.25, 0.3) is 30.0 Å². The van der Waals surface area contributed by atoms with Gasteiger partial charge in [-0.3, -0.25) is 0 Å². The third-order valence-electron chi connectivity index (χ3n) is 4.18. The Kier molecular flexibility index (Phi) is 5.69. The molecule has 1 N–H and O–H groups in total. The lowest BCUT2D eigenvalue weighted by molar-refractivity contribution is -0.152. The second kappa shape index (κ2) is 6.34. The summed E-state index contributed by atoms with van der Waals surface area (Å²) in [6.07, 6.45) is 0. The Balaban J connectivity index is 3.35. The van der Waals surface area contributed by atoms with E-state index in [1.165, 1.54) is 4.72 Å². The molecule has 0 aromatic rings. The molecule has 1 heterocycles. The van der Waals surface area contributed by atoms with Crippen LogP contribution in [0.3, 0.4) is 0 Å². The van der Waals surface area contributed by atoms with Crippen LogP contribution in [-0.2, 0) is 20.0 Å². The number of hydrogen-bond acceptors (Lipinski definition) is 5. The van der Waals surface area contributed by atoms with Crippen molar-refractivity contribution in [2.24, 2.45) is 0 Å². The molecule has 1 aliphatic heterocycles. The van der Waals surface area contributed by atoms with Crippen molar-refractivity contribution in [1.29, 1.82) is 0 Å². The minimum atomic E-state index is -5.37. The quantitative estimate of drug-likeness (QED) is 0.641. The SMILES string of the molecule is CNS(=O)(=O)C(C)(F)C(F)(F)C(C)(F)S(=O)(=O)N1CCN(C)CC1. The molecule has 0 radical (unpaired) electrons. The van der Waals surface area contributed by atoms with Crippen LogP contribution in [-0.4, -0.2) is 82.2 Å². The van der Waals surface area contributed by atoms with E-state index >= 15 is 0 Å². The van der Waals surface area contributed by atoms with Gasteiger partial charge in [0.05, 0.1) is 0 Å². The van der Waals surface area contributed by atoms with Gasteiger partial charge in [0.1, 0.15) is 0 Å².